The van der Waals surface area contributed by atoms with Crippen LogP contribution < -0.4 is 18.9 Å². The first-order valence-corrected chi connectivity index (χ1v) is 3.41. The minimum Gasteiger partial charge on any atom is -0.335 e. The Labute approximate surface area is 66.1 Å². The molecule has 0 aromatic heterocycles. The molecule has 52 valence electrons. The van der Waals surface area contributed by atoms with Gasteiger partial charge in [-0.25, -0.2) is 4.57 Å². The van der Waals surface area contributed by atoms with E-state index in [2.05, 4.69) is 0 Å². The van der Waals surface area contributed by atoms with Gasteiger partial charge in [-0.3, -0.25) is 9.79 Å². The van der Waals surface area contributed by atoms with Crippen molar-refractivity contribution in [3.8, 4) is 0 Å². The van der Waals surface area contributed by atoms with Gasteiger partial charge in [0.05, 0.1) is 0 Å². The van der Waals surface area contributed by atoms with Gasteiger partial charge in [-0.15, -0.1) is 4.20 Å². The number of hydrogen-bond acceptors (Lipinski definition) is 1. The van der Waals surface area contributed by atoms with Crippen LogP contribution in [0.3, 0.4) is 0 Å². The van der Waals surface area contributed by atoms with Gasteiger partial charge >= 0.3 is 26.8 Å². The Morgan fingerprint density at radius 3 is 1.44 bits per heavy atom. The fraction of sp³-hybridized carbons (Fsp3) is 0.667. The van der Waals surface area contributed by atoms with E-state index in [1.165, 1.54) is 0 Å². The minimum atomic E-state index is -5.14. The topological polar surface area (TPSA) is 57.5 Å². The summed E-state index contributed by atoms with van der Waals surface area (Å²) in [7, 11) is -5.14. The van der Waals surface area contributed by atoms with Gasteiger partial charge < -0.3 is 6.42 Å². The summed E-state index contributed by atoms with van der Waals surface area (Å²) in [6, 6.07) is 0. The third-order valence-electron chi connectivity index (χ3n) is 0. The van der Waals surface area contributed by atoms with Crippen molar-refractivity contribution in [3.63, 3.8) is 0 Å². The van der Waals surface area contributed by atoms with E-state index < -0.39 is 7.91 Å². The average molecular weight is 150 g/mol. The van der Waals surface area contributed by atoms with Crippen LogP contribution in [0, 0.1) is 6.42 Å². The monoisotopic (exact) mass is 150 g/mol. The molecule has 0 rings (SSSR count). The Morgan fingerprint density at radius 1 is 1.44 bits per heavy atom. The first-order chi connectivity index (χ1) is 3.41. The van der Waals surface area contributed by atoms with Crippen LogP contribution in [-0.4, -0.2) is 9.79 Å². The number of halogens is 1. The van der Waals surface area contributed by atoms with E-state index in [4.69, 9.17) is 14.4 Å². The maximum absolute atomic E-state index is 10.4. The molecule has 0 atom stereocenters. The van der Waals surface area contributed by atoms with Crippen molar-refractivity contribution < 1.29 is 37.4 Å². The first-order valence-electron chi connectivity index (χ1n) is 1.91. The summed E-state index contributed by atoms with van der Waals surface area (Å²) < 4.78 is 19.0. The van der Waals surface area contributed by atoms with Gasteiger partial charge in [0.15, 0.2) is 0 Å². The molecule has 9 heavy (non-hydrogen) atoms. The van der Waals surface area contributed by atoms with Gasteiger partial charge in [0.2, 0.25) is 0 Å². The predicted molar refractivity (Wildman–Crippen MR) is 28.8 cm³/mol. The zero-order valence-electron chi connectivity index (χ0n) is 5.71. The summed E-state index contributed by atoms with van der Waals surface area (Å²) in [4.78, 5) is 13.9. The molecule has 0 aliphatic heterocycles. The van der Waals surface area contributed by atoms with Gasteiger partial charge in [-0.1, -0.05) is 0 Å². The maximum atomic E-state index is 10.4. The van der Waals surface area contributed by atoms with Gasteiger partial charge in [-0.05, 0) is 0 Å². The Bertz CT molecular complexity index is 74.9. The van der Waals surface area contributed by atoms with Crippen LogP contribution in [-0.2, 0) is 4.57 Å². The van der Waals surface area contributed by atoms with E-state index in [0.29, 0.717) is 0 Å². The van der Waals surface area contributed by atoms with E-state index in [1.807, 2.05) is 20.3 Å². The van der Waals surface area contributed by atoms with Gasteiger partial charge in [-0.2, -0.15) is 13.8 Å². The molecule has 0 aliphatic rings. The zero-order valence-corrected chi connectivity index (χ0v) is 6.60. The van der Waals surface area contributed by atoms with Crippen LogP contribution in [0.1, 0.15) is 13.8 Å². The van der Waals surface area contributed by atoms with Crippen LogP contribution in [0.5, 0.6) is 0 Å². The van der Waals surface area contributed by atoms with E-state index in [-0.39, 0.29) is 18.9 Å². The molecule has 0 aromatic carbocycles. The summed E-state index contributed by atoms with van der Waals surface area (Å²) in [6.45, 7) is 4.00. The van der Waals surface area contributed by atoms with Crippen molar-refractivity contribution in [3.05, 3.63) is 6.42 Å². The molecular weight excluding hydrogens is 141 g/mol. The summed E-state index contributed by atoms with van der Waals surface area (Å²) >= 11 is 0. The summed E-state index contributed by atoms with van der Waals surface area (Å²) in [5.74, 6) is 0. The summed E-state index contributed by atoms with van der Waals surface area (Å²) in [5, 5.41) is 0. The van der Waals surface area contributed by atoms with E-state index in [0.717, 1.165) is 0 Å². The quantitative estimate of drug-likeness (QED) is 0.245. The van der Waals surface area contributed by atoms with Crippen molar-refractivity contribution in [2.45, 2.75) is 13.8 Å². The number of hydrogen-bond donors (Lipinski definition) is 2. The Balaban J connectivity index is -0.0000000800. The summed E-state index contributed by atoms with van der Waals surface area (Å²) in [6.07, 6.45) is 2.00. The molecule has 0 bridgehead atoms. The maximum Gasteiger partial charge on any atom is 1.00 e. The Morgan fingerprint density at radius 2 is 1.44 bits per heavy atom. The average Bonchev–Trinajstić information content (AvgIpc) is 1.27. The fourth-order valence-electron chi connectivity index (χ4n) is 0. The molecular formula is C3H9FLiO3P. The first kappa shape index (κ1) is 16.3. The molecule has 0 aromatic rings. The molecule has 0 heterocycles. The van der Waals surface area contributed by atoms with Crippen LogP contribution in [0.4, 0.5) is 4.20 Å². The molecule has 3 nitrogen and oxygen atoms in total. The standard InChI is InChI=1S/C3H7.FH2O3P.Li/c1-3-2;1-5(2,3)4;/h3H,1-2H3;(H2,2,3,4);/q-1;;+1. The van der Waals surface area contributed by atoms with Crippen molar-refractivity contribution >= 4 is 7.91 Å². The van der Waals surface area contributed by atoms with Crippen molar-refractivity contribution in [1.82, 2.24) is 0 Å². The van der Waals surface area contributed by atoms with Crippen LogP contribution in [0.2, 0.25) is 0 Å². The number of rotatable bonds is 0. The third-order valence-corrected chi connectivity index (χ3v) is 0. The molecule has 0 radical (unpaired) electrons. The Hall–Kier alpha value is 0.677. The fourth-order valence-corrected chi connectivity index (χ4v) is 0. The molecule has 0 unspecified atom stereocenters. The summed E-state index contributed by atoms with van der Waals surface area (Å²) in [5.41, 5.74) is 0. The van der Waals surface area contributed by atoms with Crippen molar-refractivity contribution in [1.29, 1.82) is 0 Å². The molecule has 0 aliphatic carbocycles. The largest absolute Gasteiger partial charge is 1.00 e. The molecule has 0 spiro atoms. The smallest absolute Gasteiger partial charge is 0.335 e. The van der Waals surface area contributed by atoms with Gasteiger partial charge in [0.25, 0.3) is 0 Å². The Kier molecular flexibility index (Phi) is 15.8. The van der Waals surface area contributed by atoms with E-state index >= 15 is 0 Å². The second-order valence-electron chi connectivity index (χ2n) is 1.05. The van der Waals surface area contributed by atoms with Crippen molar-refractivity contribution in [2.24, 2.45) is 0 Å². The zero-order chi connectivity index (χ0) is 7.21. The van der Waals surface area contributed by atoms with E-state index in [9.17, 15) is 4.20 Å². The molecule has 0 saturated heterocycles. The molecule has 0 fully saturated rings. The third kappa shape index (κ3) is 843. The molecule has 0 saturated carbocycles. The molecule has 0 amide bonds. The minimum absolute atomic E-state index is 0. The van der Waals surface area contributed by atoms with Gasteiger partial charge in [0, 0.05) is 0 Å². The second-order valence-corrected chi connectivity index (χ2v) is 2.00. The van der Waals surface area contributed by atoms with Crippen molar-refractivity contribution in [2.75, 3.05) is 0 Å². The van der Waals surface area contributed by atoms with Crippen LogP contribution in [0.25, 0.3) is 0 Å². The molecule has 2 N–H and O–H groups in total. The van der Waals surface area contributed by atoms with Gasteiger partial charge in [0.1, 0.15) is 0 Å². The van der Waals surface area contributed by atoms with E-state index in [1.54, 1.807) is 0 Å². The SMILES string of the molecule is C[CH-]C.O=P(O)(O)F.[Li+]. The normalized spacial score (nSPS) is 8.56. The molecule has 6 heteroatoms. The van der Waals surface area contributed by atoms with Crippen LogP contribution >= 0.6 is 7.91 Å². The predicted octanol–water partition coefficient (Wildman–Crippen LogP) is -1.72. The van der Waals surface area contributed by atoms with Crippen LogP contribution in [0.15, 0.2) is 0 Å². The second kappa shape index (κ2) is 8.68.